The van der Waals surface area contributed by atoms with E-state index >= 15 is 0 Å². The summed E-state index contributed by atoms with van der Waals surface area (Å²) in [7, 11) is 0. The molecule has 1 aliphatic heterocycles. The van der Waals surface area contributed by atoms with Crippen LogP contribution in [0.3, 0.4) is 0 Å². The maximum Gasteiger partial charge on any atom is 0.300 e. The second-order valence-corrected chi connectivity index (χ2v) is 8.06. The average molecular weight is 412 g/mol. The number of pyridine rings is 1. The molecule has 3 aromatic rings. The normalized spacial score (nSPS) is 18.1. The van der Waals surface area contributed by atoms with E-state index in [-0.39, 0.29) is 11.3 Å². The summed E-state index contributed by atoms with van der Waals surface area (Å²) in [6, 6.07) is 17.6. The molecule has 1 aromatic heterocycles. The fraction of sp³-hybridized carbons (Fsp3) is 0.192. The number of ketones is 1. The number of amides is 1. The third-order valence-electron chi connectivity index (χ3n) is 5.63. The van der Waals surface area contributed by atoms with E-state index in [1.165, 1.54) is 4.90 Å². The number of nitrogens with zero attached hydrogens (tertiary/aromatic N) is 2. The zero-order valence-electron chi connectivity index (χ0n) is 17.7. The standard InChI is InChI=1S/C26H24N2O3/c1-16(2)18-8-10-21(11-9-18)28-23(19-12-14-27-15-13-19)22(25(30)26(28)31)24(29)20-6-4-17(3)5-7-20/h4-16,23,29H,1-3H3/b24-22+. The second kappa shape index (κ2) is 8.19. The topological polar surface area (TPSA) is 70.5 Å². The van der Waals surface area contributed by atoms with Crippen LogP contribution in [0.5, 0.6) is 0 Å². The predicted octanol–water partition coefficient (Wildman–Crippen LogP) is 5.14. The second-order valence-electron chi connectivity index (χ2n) is 8.06. The molecule has 5 heteroatoms. The van der Waals surface area contributed by atoms with E-state index in [1.807, 2.05) is 43.3 Å². The Kier molecular flexibility index (Phi) is 5.42. The summed E-state index contributed by atoms with van der Waals surface area (Å²) in [6.45, 7) is 6.14. The molecule has 5 nitrogen and oxygen atoms in total. The third kappa shape index (κ3) is 3.75. The van der Waals surface area contributed by atoms with E-state index in [1.54, 1.807) is 36.7 Å². The van der Waals surface area contributed by atoms with E-state index < -0.39 is 17.7 Å². The minimum atomic E-state index is -0.741. The first kappa shape index (κ1) is 20.5. The van der Waals surface area contributed by atoms with E-state index in [2.05, 4.69) is 18.8 Å². The molecule has 1 N–H and O–H groups in total. The molecule has 31 heavy (non-hydrogen) atoms. The summed E-state index contributed by atoms with van der Waals surface area (Å²) in [5.74, 6) is -1.19. The number of aliphatic hydroxyl groups excluding tert-OH is 1. The highest BCUT2D eigenvalue weighted by Gasteiger charge is 2.46. The molecule has 0 aliphatic carbocycles. The van der Waals surface area contributed by atoms with Crippen molar-refractivity contribution in [3.63, 3.8) is 0 Å². The number of hydrogen-bond acceptors (Lipinski definition) is 4. The average Bonchev–Trinajstić information content (AvgIpc) is 3.05. The lowest BCUT2D eigenvalue weighted by atomic mass is 9.95. The lowest BCUT2D eigenvalue weighted by Crippen LogP contribution is -2.29. The van der Waals surface area contributed by atoms with Gasteiger partial charge < -0.3 is 5.11 Å². The zero-order chi connectivity index (χ0) is 22.1. The number of rotatable bonds is 4. The van der Waals surface area contributed by atoms with Gasteiger partial charge >= 0.3 is 0 Å². The number of anilines is 1. The van der Waals surface area contributed by atoms with Gasteiger partial charge in [-0.05, 0) is 48.2 Å². The molecule has 1 aliphatic rings. The minimum Gasteiger partial charge on any atom is -0.507 e. The first-order valence-electron chi connectivity index (χ1n) is 10.3. The number of Topliss-reactive ketones (excluding diaryl/α,β-unsaturated/α-hetero) is 1. The highest BCUT2D eigenvalue weighted by Crippen LogP contribution is 2.42. The molecule has 4 rings (SSSR count). The summed E-state index contributed by atoms with van der Waals surface area (Å²) in [4.78, 5) is 31.7. The molecule has 1 saturated heterocycles. The van der Waals surface area contributed by atoms with Crippen LogP contribution in [0.15, 0.2) is 78.6 Å². The molecule has 156 valence electrons. The largest absolute Gasteiger partial charge is 0.507 e. The van der Waals surface area contributed by atoms with Crippen LogP contribution in [0.4, 0.5) is 5.69 Å². The number of carbonyl (C=O) groups excluding carboxylic acids is 2. The Morgan fingerprint density at radius 2 is 1.55 bits per heavy atom. The van der Waals surface area contributed by atoms with Crippen molar-refractivity contribution >= 4 is 23.1 Å². The first-order chi connectivity index (χ1) is 14.9. The number of aromatic nitrogens is 1. The molecular weight excluding hydrogens is 388 g/mol. The van der Waals surface area contributed by atoms with Crippen molar-refractivity contribution in [1.82, 2.24) is 4.98 Å². The van der Waals surface area contributed by atoms with Crippen LogP contribution in [0.25, 0.3) is 5.76 Å². The summed E-state index contributed by atoms with van der Waals surface area (Å²) in [6.07, 6.45) is 3.23. The van der Waals surface area contributed by atoms with Crippen LogP contribution in [0.1, 0.15) is 48.1 Å². The SMILES string of the molecule is Cc1ccc(/C(O)=C2\C(=O)C(=O)N(c3ccc(C(C)C)cc3)C2c2ccncc2)cc1. The van der Waals surface area contributed by atoms with Gasteiger partial charge in [-0.1, -0.05) is 55.8 Å². The summed E-state index contributed by atoms with van der Waals surface area (Å²) in [5, 5.41) is 11.1. The van der Waals surface area contributed by atoms with Gasteiger partial charge in [0.25, 0.3) is 11.7 Å². The number of carbonyl (C=O) groups is 2. The molecule has 0 bridgehead atoms. The van der Waals surface area contributed by atoms with Crippen molar-refractivity contribution < 1.29 is 14.7 Å². The van der Waals surface area contributed by atoms with Crippen LogP contribution >= 0.6 is 0 Å². The Morgan fingerprint density at radius 3 is 2.13 bits per heavy atom. The van der Waals surface area contributed by atoms with Crippen molar-refractivity contribution in [2.75, 3.05) is 4.90 Å². The maximum absolute atomic E-state index is 13.1. The molecule has 1 unspecified atom stereocenters. The van der Waals surface area contributed by atoms with Gasteiger partial charge in [0.2, 0.25) is 0 Å². The lowest BCUT2D eigenvalue weighted by Gasteiger charge is -2.25. The van der Waals surface area contributed by atoms with Gasteiger partial charge in [0.1, 0.15) is 5.76 Å². The number of aryl methyl sites for hydroxylation is 1. The van der Waals surface area contributed by atoms with E-state index in [4.69, 9.17) is 0 Å². The Bertz CT molecular complexity index is 1150. The predicted molar refractivity (Wildman–Crippen MR) is 121 cm³/mol. The fourth-order valence-electron chi connectivity index (χ4n) is 3.85. The Balaban J connectivity index is 1.89. The Hall–Kier alpha value is -3.73. The molecule has 1 atom stereocenters. The van der Waals surface area contributed by atoms with E-state index in [0.717, 1.165) is 11.1 Å². The monoisotopic (exact) mass is 412 g/mol. The van der Waals surface area contributed by atoms with Gasteiger partial charge in [0, 0.05) is 23.6 Å². The molecule has 0 spiro atoms. The zero-order valence-corrected chi connectivity index (χ0v) is 17.7. The van der Waals surface area contributed by atoms with Crippen LogP contribution in [0.2, 0.25) is 0 Å². The van der Waals surface area contributed by atoms with Gasteiger partial charge in [0.15, 0.2) is 0 Å². The quantitative estimate of drug-likeness (QED) is 0.366. The lowest BCUT2D eigenvalue weighted by molar-refractivity contribution is -0.132. The minimum absolute atomic E-state index is 0.0768. The van der Waals surface area contributed by atoms with Gasteiger partial charge in [-0.3, -0.25) is 19.5 Å². The molecule has 2 heterocycles. The van der Waals surface area contributed by atoms with Crippen molar-refractivity contribution in [3.05, 3.63) is 101 Å². The van der Waals surface area contributed by atoms with Crippen molar-refractivity contribution in [1.29, 1.82) is 0 Å². The van der Waals surface area contributed by atoms with E-state index in [9.17, 15) is 14.7 Å². The van der Waals surface area contributed by atoms with Gasteiger partial charge in [-0.2, -0.15) is 0 Å². The summed E-state index contributed by atoms with van der Waals surface area (Å²) < 4.78 is 0. The summed E-state index contributed by atoms with van der Waals surface area (Å²) in [5.41, 5.74) is 4.06. The summed E-state index contributed by atoms with van der Waals surface area (Å²) >= 11 is 0. The Labute approximate surface area is 181 Å². The number of hydrogen-bond donors (Lipinski definition) is 1. The van der Waals surface area contributed by atoms with Crippen LogP contribution < -0.4 is 4.90 Å². The molecule has 0 saturated carbocycles. The molecular formula is C26H24N2O3. The maximum atomic E-state index is 13.1. The first-order valence-corrected chi connectivity index (χ1v) is 10.3. The fourth-order valence-corrected chi connectivity index (χ4v) is 3.85. The van der Waals surface area contributed by atoms with Crippen LogP contribution in [0, 0.1) is 6.92 Å². The van der Waals surface area contributed by atoms with Gasteiger partial charge in [-0.15, -0.1) is 0 Å². The van der Waals surface area contributed by atoms with Gasteiger partial charge in [-0.25, -0.2) is 0 Å². The number of aliphatic hydroxyl groups is 1. The third-order valence-corrected chi connectivity index (χ3v) is 5.63. The van der Waals surface area contributed by atoms with E-state index in [0.29, 0.717) is 22.7 Å². The molecule has 0 radical (unpaired) electrons. The van der Waals surface area contributed by atoms with Crippen LogP contribution in [-0.2, 0) is 9.59 Å². The molecule has 1 fully saturated rings. The molecule has 2 aromatic carbocycles. The van der Waals surface area contributed by atoms with Crippen molar-refractivity contribution in [2.24, 2.45) is 0 Å². The number of benzene rings is 2. The highest BCUT2D eigenvalue weighted by molar-refractivity contribution is 6.51. The van der Waals surface area contributed by atoms with Crippen LogP contribution in [-0.4, -0.2) is 21.8 Å². The highest BCUT2D eigenvalue weighted by atomic mass is 16.3. The molecule has 1 amide bonds. The van der Waals surface area contributed by atoms with Crippen molar-refractivity contribution in [3.8, 4) is 0 Å². The van der Waals surface area contributed by atoms with Crippen molar-refractivity contribution in [2.45, 2.75) is 32.7 Å². The van der Waals surface area contributed by atoms with Gasteiger partial charge in [0.05, 0.1) is 11.6 Å². The Morgan fingerprint density at radius 1 is 0.935 bits per heavy atom. The smallest absolute Gasteiger partial charge is 0.300 e.